The number of hydrogen-bond donors (Lipinski definition) is 11. The van der Waals surface area contributed by atoms with Crippen LogP contribution in [0.25, 0.3) is 0 Å². The molecule has 13 N–H and O–H groups in total. The molecule has 2 aliphatic heterocycles. The van der Waals surface area contributed by atoms with Crippen LogP contribution in [0.2, 0.25) is 0 Å². The minimum Gasteiger partial charge on any atom is -0.481 e. The number of oxime groups is 1. The van der Waals surface area contributed by atoms with Gasteiger partial charge >= 0.3 is 5.97 Å². The Kier molecular flexibility index (Phi) is 22.4. The fourth-order valence-corrected chi connectivity index (χ4v) is 7.53. The van der Waals surface area contributed by atoms with Crippen molar-refractivity contribution in [2.75, 3.05) is 38.7 Å². The van der Waals surface area contributed by atoms with Crippen LogP contribution < -0.4 is 38.1 Å². The van der Waals surface area contributed by atoms with Gasteiger partial charge < -0.3 is 63.3 Å². The Labute approximate surface area is 371 Å². The van der Waals surface area contributed by atoms with Gasteiger partial charge in [0.2, 0.25) is 41.4 Å². The SMILES string of the molecule is NC(N)=NCCC[C@@H]1NC(=O)[C@H](CSC2CC(=O)N(CCCCCCO/N=C/[C@H](O)[C@H](O)[C@H](O)CF)C2=O)NC(=O)[C@@H](Cc2ccccc2)NC(=O)[C@H](CC(=O)O)NC(=O)CNC1=O. The van der Waals surface area contributed by atoms with E-state index in [0.717, 1.165) is 22.9 Å². The van der Waals surface area contributed by atoms with Gasteiger partial charge in [-0.15, -0.1) is 11.8 Å². The summed E-state index contributed by atoms with van der Waals surface area (Å²) in [5.41, 5.74) is 11.4. The maximum atomic E-state index is 14.0. The third kappa shape index (κ3) is 18.1. The predicted molar refractivity (Wildman–Crippen MR) is 228 cm³/mol. The Hall–Kier alpha value is -5.92. The largest absolute Gasteiger partial charge is 0.481 e. The number of nitrogens with one attached hydrogen (secondary N) is 5. The van der Waals surface area contributed by atoms with Crippen LogP contribution in [0.5, 0.6) is 0 Å². The molecular formula is C39H57FN10O13S. The molecule has 64 heavy (non-hydrogen) atoms. The van der Waals surface area contributed by atoms with E-state index in [1.165, 1.54) is 0 Å². The van der Waals surface area contributed by atoms with E-state index >= 15 is 0 Å². The van der Waals surface area contributed by atoms with Crippen molar-refractivity contribution in [2.45, 2.75) is 106 Å². The van der Waals surface area contributed by atoms with E-state index in [0.29, 0.717) is 31.2 Å². The van der Waals surface area contributed by atoms with Crippen LogP contribution in [0.1, 0.15) is 56.9 Å². The van der Waals surface area contributed by atoms with Crippen LogP contribution in [0.4, 0.5) is 4.39 Å². The van der Waals surface area contributed by atoms with Crippen molar-refractivity contribution in [2.24, 2.45) is 21.6 Å². The molecule has 23 nitrogen and oxygen atoms in total. The Balaban J connectivity index is 1.74. The summed E-state index contributed by atoms with van der Waals surface area (Å²) in [6, 6.07) is 2.59. The quantitative estimate of drug-likeness (QED) is 0.0165. The molecule has 2 saturated heterocycles. The number of carboxylic acid groups (broad SMARTS) is 1. The maximum absolute atomic E-state index is 14.0. The van der Waals surface area contributed by atoms with Gasteiger partial charge in [0, 0.05) is 31.7 Å². The molecule has 7 amide bonds. The summed E-state index contributed by atoms with van der Waals surface area (Å²) in [6.45, 7) is -1.66. The Morgan fingerprint density at radius 1 is 0.875 bits per heavy atom. The number of aliphatic carboxylic acids is 1. The molecule has 0 bridgehead atoms. The predicted octanol–water partition coefficient (Wildman–Crippen LogP) is -3.70. The number of amides is 7. The first kappa shape index (κ1) is 52.4. The summed E-state index contributed by atoms with van der Waals surface area (Å²) < 4.78 is 12.4. The number of carbonyl (C=O) groups is 8. The first-order valence-electron chi connectivity index (χ1n) is 20.5. The highest BCUT2D eigenvalue weighted by Gasteiger charge is 2.40. The number of likely N-dealkylation sites (tertiary alicyclic amines) is 1. The highest BCUT2D eigenvalue weighted by Crippen LogP contribution is 2.26. The van der Waals surface area contributed by atoms with Crippen molar-refractivity contribution in [3.63, 3.8) is 0 Å². The molecule has 2 aliphatic rings. The zero-order valence-corrected chi connectivity index (χ0v) is 35.8. The summed E-state index contributed by atoms with van der Waals surface area (Å²) in [6.07, 6.45) is -3.27. The number of imide groups is 1. The molecule has 3 rings (SSSR count). The fourth-order valence-electron chi connectivity index (χ4n) is 6.34. The number of guanidine groups is 1. The van der Waals surface area contributed by atoms with Crippen molar-refractivity contribution in [1.82, 2.24) is 31.5 Å². The highest BCUT2D eigenvalue weighted by atomic mass is 32.2. The summed E-state index contributed by atoms with van der Waals surface area (Å²) in [5.74, 6) is -7.45. The minimum absolute atomic E-state index is 0.0445. The van der Waals surface area contributed by atoms with Gasteiger partial charge in [-0.05, 0) is 37.7 Å². The second kappa shape index (κ2) is 27.3. The number of aliphatic imine (C=N–C) groups is 1. The van der Waals surface area contributed by atoms with Gasteiger partial charge in [-0.1, -0.05) is 41.9 Å². The van der Waals surface area contributed by atoms with Crippen LogP contribution in [-0.2, 0) is 49.6 Å². The lowest BCUT2D eigenvalue weighted by Gasteiger charge is -2.26. The van der Waals surface area contributed by atoms with Crippen molar-refractivity contribution < 1.29 is 68.0 Å². The van der Waals surface area contributed by atoms with Gasteiger partial charge in [0.05, 0.1) is 24.4 Å². The summed E-state index contributed by atoms with van der Waals surface area (Å²) >= 11 is 0.925. The molecule has 1 aromatic carbocycles. The number of carboxylic acids is 1. The van der Waals surface area contributed by atoms with Gasteiger partial charge in [-0.3, -0.25) is 48.2 Å². The lowest BCUT2D eigenvalue weighted by atomic mass is 10.0. The third-order valence-electron chi connectivity index (χ3n) is 9.80. The van der Waals surface area contributed by atoms with Crippen molar-refractivity contribution in [1.29, 1.82) is 0 Å². The van der Waals surface area contributed by atoms with E-state index in [1.54, 1.807) is 30.3 Å². The molecule has 8 atom stereocenters. The molecule has 2 fully saturated rings. The monoisotopic (exact) mass is 924 g/mol. The van der Waals surface area contributed by atoms with Crippen molar-refractivity contribution in [3.8, 4) is 0 Å². The second-order valence-electron chi connectivity index (χ2n) is 14.9. The topological polar surface area (TPSA) is 367 Å². The molecule has 0 spiro atoms. The van der Waals surface area contributed by atoms with Crippen LogP contribution in [-0.4, -0.2) is 171 Å². The molecule has 0 saturated carbocycles. The van der Waals surface area contributed by atoms with E-state index in [-0.39, 0.29) is 57.1 Å². The van der Waals surface area contributed by atoms with Crippen LogP contribution in [0.3, 0.4) is 0 Å². The van der Waals surface area contributed by atoms with Crippen molar-refractivity contribution in [3.05, 3.63) is 35.9 Å². The normalized spacial score (nSPS) is 22.8. The zero-order chi connectivity index (χ0) is 47.2. The Morgan fingerprint density at radius 2 is 1.53 bits per heavy atom. The molecule has 1 unspecified atom stereocenters. The summed E-state index contributed by atoms with van der Waals surface area (Å²) in [4.78, 5) is 116. The Bertz CT molecular complexity index is 1830. The first-order chi connectivity index (χ1) is 30.5. The molecule has 0 aliphatic carbocycles. The smallest absolute Gasteiger partial charge is 0.305 e. The number of hydrogen-bond acceptors (Lipinski definition) is 15. The van der Waals surface area contributed by atoms with Gasteiger partial charge in [-0.2, -0.15) is 0 Å². The van der Waals surface area contributed by atoms with Gasteiger partial charge in [0.1, 0.15) is 55.8 Å². The number of rotatable bonds is 23. The van der Waals surface area contributed by atoms with E-state index in [1.807, 2.05) is 0 Å². The number of alkyl halides is 1. The van der Waals surface area contributed by atoms with Gasteiger partial charge in [0.25, 0.3) is 0 Å². The third-order valence-corrected chi connectivity index (χ3v) is 11.1. The minimum atomic E-state index is -1.77. The molecule has 0 aromatic heterocycles. The fraction of sp³-hybridized carbons (Fsp3) is 0.590. The summed E-state index contributed by atoms with van der Waals surface area (Å²) in [7, 11) is 0. The molecular weight excluding hydrogens is 868 g/mol. The average Bonchev–Trinajstić information content (AvgIpc) is 3.53. The maximum Gasteiger partial charge on any atom is 0.305 e. The number of aliphatic hydroxyl groups excluding tert-OH is 3. The van der Waals surface area contributed by atoms with Crippen molar-refractivity contribution >= 4 is 71.3 Å². The lowest BCUT2D eigenvalue weighted by Crippen LogP contribution is -2.59. The number of aliphatic hydroxyl groups is 3. The molecule has 354 valence electrons. The Morgan fingerprint density at radius 3 is 2.22 bits per heavy atom. The summed E-state index contributed by atoms with van der Waals surface area (Å²) in [5, 5.41) is 52.8. The molecule has 1 aromatic rings. The number of unbranched alkanes of at least 4 members (excludes halogenated alkanes) is 3. The van der Waals surface area contributed by atoms with Crippen LogP contribution in [0, 0.1) is 0 Å². The number of nitrogens with zero attached hydrogens (tertiary/aromatic N) is 3. The average molecular weight is 925 g/mol. The number of halogens is 1. The van der Waals surface area contributed by atoms with E-state index in [2.05, 4.69) is 36.7 Å². The zero-order valence-electron chi connectivity index (χ0n) is 34.9. The van der Waals surface area contributed by atoms with Crippen LogP contribution >= 0.6 is 11.8 Å². The van der Waals surface area contributed by atoms with Gasteiger partial charge in [0.15, 0.2) is 5.96 Å². The second-order valence-corrected chi connectivity index (χ2v) is 16.1. The first-order valence-corrected chi connectivity index (χ1v) is 21.6. The van der Waals surface area contributed by atoms with E-state index in [9.17, 15) is 63.2 Å². The van der Waals surface area contributed by atoms with Crippen LogP contribution in [0.15, 0.2) is 40.5 Å². The lowest BCUT2D eigenvalue weighted by molar-refractivity contribution is -0.141. The number of nitrogens with two attached hydrogens (primary N) is 2. The number of benzene rings is 1. The van der Waals surface area contributed by atoms with E-state index in [4.69, 9.17) is 16.3 Å². The number of carbonyl (C=O) groups excluding carboxylic acids is 7. The molecule has 2 heterocycles. The number of thioether (sulfide) groups is 1. The van der Waals surface area contributed by atoms with E-state index < -0.39 is 115 Å². The highest BCUT2D eigenvalue weighted by molar-refractivity contribution is 8.00. The van der Waals surface area contributed by atoms with Gasteiger partial charge in [-0.25, -0.2) is 4.39 Å². The molecule has 25 heteroatoms. The molecule has 0 radical (unpaired) electrons. The standard InChI is InChI=1S/C39H57FN10O13S/c40-18-27(51)33(57)28(52)19-45-63-14-7-2-1-6-13-50-31(54)17-29(38(50)62)64-21-26-37(61)47-23(11-8-12-43-39(41)42)34(58)44-20-30(53)46-25(16-32(55)56)36(60)48-24(35(59)49-26)15-22-9-4-3-5-10-22/h3-5,9-10,19,23-29,33,51-52,57H,1-2,6-8,11-18,20-21H2,(H,44,58)(H,46,53)(H,47,61)(H,48,60)(H,49,59)(H,55,56)(H4,41,42,43)/b45-19+/t23-,24+,25-,26-,27+,28-,29?,33+/m0/s1.